The number of fused-ring (bicyclic) bond motifs is 8. The summed E-state index contributed by atoms with van der Waals surface area (Å²) in [4.78, 5) is 0. The maximum Gasteiger partial charge on any atom is 0.118 e. The van der Waals surface area contributed by atoms with Gasteiger partial charge >= 0.3 is 0 Å². The average molecular weight is 509 g/mol. The molecular weight excluding hydrogens is 472 g/mol. The lowest BCUT2D eigenvalue weighted by atomic mass is 9.75. The number of hydrogen-bond acceptors (Lipinski definition) is 4. The van der Waals surface area contributed by atoms with Crippen molar-refractivity contribution in [3.63, 3.8) is 0 Å². The van der Waals surface area contributed by atoms with E-state index in [0.717, 1.165) is 44.5 Å². The Kier molecular flexibility index (Phi) is 6.38. The van der Waals surface area contributed by atoms with E-state index in [0.29, 0.717) is 25.7 Å². The topological polar surface area (TPSA) is 80.9 Å². The third-order valence-electron chi connectivity index (χ3n) is 8.53. The smallest absolute Gasteiger partial charge is 0.118 e. The molecule has 4 aromatic rings. The highest BCUT2D eigenvalue weighted by atomic mass is 16.3. The Morgan fingerprint density at radius 2 is 0.605 bits per heavy atom. The SMILES string of the molecule is CC1(C)c2ccc(O)c(c2)CCc2cc(ccc2O)C(C)(C)c2ccc(O)c(c2)CCc2cc1ccc2O. The van der Waals surface area contributed by atoms with Crippen molar-refractivity contribution in [1.82, 2.24) is 0 Å². The Hall–Kier alpha value is -3.92. The Morgan fingerprint density at radius 3 is 0.816 bits per heavy atom. The van der Waals surface area contributed by atoms with Crippen LogP contribution >= 0.6 is 0 Å². The number of aryl methyl sites for hydroxylation is 4. The highest BCUT2D eigenvalue weighted by Crippen LogP contribution is 2.39. The van der Waals surface area contributed by atoms with Gasteiger partial charge in [0.25, 0.3) is 0 Å². The van der Waals surface area contributed by atoms with Gasteiger partial charge in [0.1, 0.15) is 23.0 Å². The fourth-order valence-corrected chi connectivity index (χ4v) is 5.57. The van der Waals surface area contributed by atoms with Gasteiger partial charge in [0.05, 0.1) is 0 Å². The van der Waals surface area contributed by atoms with E-state index in [4.69, 9.17) is 0 Å². The first-order valence-corrected chi connectivity index (χ1v) is 13.3. The summed E-state index contributed by atoms with van der Waals surface area (Å²) in [6, 6.07) is 23.0. The molecule has 4 nitrogen and oxygen atoms in total. The first kappa shape index (κ1) is 25.7. The van der Waals surface area contributed by atoms with E-state index in [9.17, 15) is 20.4 Å². The van der Waals surface area contributed by atoms with Gasteiger partial charge in [-0.15, -0.1) is 0 Å². The van der Waals surface area contributed by atoms with Crippen LogP contribution < -0.4 is 0 Å². The van der Waals surface area contributed by atoms with Gasteiger partial charge in [0.15, 0.2) is 0 Å². The normalized spacial score (nSPS) is 16.3. The number of phenolic OH excluding ortho intramolecular Hbond substituents is 4. The maximum absolute atomic E-state index is 10.7. The Morgan fingerprint density at radius 1 is 0.395 bits per heavy atom. The van der Waals surface area contributed by atoms with Crippen molar-refractivity contribution in [1.29, 1.82) is 0 Å². The molecule has 0 spiro atoms. The molecule has 0 fully saturated rings. The van der Waals surface area contributed by atoms with Gasteiger partial charge in [-0.25, -0.2) is 0 Å². The van der Waals surface area contributed by atoms with Gasteiger partial charge in [0.2, 0.25) is 0 Å². The fourth-order valence-electron chi connectivity index (χ4n) is 5.57. The lowest BCUT2D eigenvalue weighted by Gasteiger charge is -2.29. The van der Waals surface area contributed by atoms with Gasteiger partial charge < -0.3 is 20.4 Å². The Balaban J connectivity index is 1.68. The molecule has 0 atom stereocenters. The van der Waals surface area contributed by atoms with Gasteiger partial charge in [-0.3, -0.25) is 0 Å². The number of phenols is 4. The fraction of sp³-hybridized carbons (Fsp3) is 0.294. The molecule has 0 unspecified atom stereocenters. The molecule has 38 heavy (non-hydrogen) atoms. The standard InChI is InChI=1S/C34H36O4/c1-33(2)25-9-13-29(35)21(17-25)5-7-23-19-27(11-15-31(23)37)34(3,4)28-12-16-32(38)24(20-28)8-6-22-18-26(33)10-14-30(22)36/h9-20,35-38H,5-8H2,1-4H3. The summed E-state index contributed by atoms with van der Waals surface area (Å²) in [6.07, 6.45) is 2.32. The van der Waals surface area contributed by atoms with E-state index in [2.05, 4.69) is 52.0 Å². The molecule has 0 saturated carbocycles. The van der Waals surface area contributed by atoms with Crippen LogP contribution in [0, 0.1) is 0 Å². The van der Waals surface area contributed by atoms with E-state index < -0.39 is 0 Å². The molecule has 0 saturated heterocycles. The molecular formula is C34H36O4. The molecule has 0 aliphatic heterocycles. The zero-order chi connectivity index (χ0) is 27.2. The quantitative estimate of drug-likeness (QED) is 0.205. The second-order valence-corrected chi connectivity index (χ2v) is 11.6. The van der Waals surface area contributed by atoms with Gasteiger partial charge in [-0.2, -0.15) is 0 Å². The zero-order valence-electron chi connectivity index (χ0n) is 22.5. The lowest BCUT2D eigenvalue weighted by Crippen LogP contribution is -2.20. The average Bonchev–Trinajstić information content (AvgIpc) is 2.88. The summed E-state index contributed by atoms with van der Waals surface area (Å²) in [5, 5.41) is 42.7. The molecule has 4 N–H and O–H groups in total. The van der Waals surface area contributed by atoms with E-state index in [1.54, 1.807) is 24.3 Å². The van der Waals surface area contributed by atoms with Gasteiger partial charge in [-0.05, 0) is 94.5 Å². The number of hydrogen-bond donors (Lipinski definition) is 4. The molecule has 0 amide bonds. The van der Waals surface area contributed by atoms with Crippen LogP contribution in [0.3, 0.4) is 0 Å². The summed E-state index contributed by atoms with van der Waals surface area (Å²) in [7, 11) is 0. The molecule has 8 bridgehead atoms. The van der Waals surface area contributed by atoms with Crippen LogP contribution in [0.5, 0.6) is 23.0 Å². The molecule has 0 radical (unpaired) electrons. The van der Waals surface area contributed by atoms with Gasteiger partial charge in [0, 0.05) is 10.8 Å². The number of benzene rings is 4. The van der Waals surface area contributed by atoms with Crippen LogP contribution in [-0.2, 0) is 36.5 Å². The van der Waals surface area contributed by atoms with Crippen molar-refractivity contribution in [2.24, 2.45) is 0 Å². The van der Waals surface area contributed by atoms with Crippen molar-refractivity contribution >= 4 is 0 Å². The summed E-state index contributed by atoms with van der Waals surface area (Å²) in [6.45, 7) is 8.57. The van der Waals surface area contributed by atoms with Crippen LogP contribution in [0.15, 0.2) is 72.8 Å². The molecule has 196 valence electrons. The van der Waals surface area contributed by atoms with Crippen molar-refractivity contribution in [2.75, 3.05) is 0 Å². The van der Waals surface area contributed by atoms with Crippen molar-refractivity contribution < 1.29 is 20.4 Å². The molecule has 0 aromatic heterocycles. The van der Waals surface area contributed by atoms with Gasteiger partial charge in [-0.1, -0.05) is 76.2 Å². The lowest BCUT2D eigenvalue weighted by molar-refractivity contribution is 0.459. The van der Waals surface area contributed by atoms with Crippen molar-refractivity contribution in [2.45, 2.75) is 64.2 Å². The highest BCUT2D eigenvalue weighted by Gasteiger charge is 2.27. The van der Waals surface area contributed by atoms with E-state index in [1.807, 2.05) is 24.3 Å². The second kappa shape index (κ2) is 9.43. The summed E-state index contributed by atoms with van der Waals surface area (Å²) < 4.78 is 0. The predicted molar refractivity (Wildman–Crippen MR) is 151 cm³/mol. The van der Waals surface area contributed by atoms with Crippen LogP contribution in [0.2, 0.25) is 0 Å². The van der Waals surface area contributed by atoms with E-state index >= 15 is 0 Å². The minimum Gasteiger partial charge on any atom is -0.508 e. The molecule has 1 aliphatic rings. The zero-order valence-corrected chi connectivity index (χ0v) is 22.5. The number of rotatable bonds is 0. The molecule has 0 heterocycles. The first-order chi connectivity index (χ1) is 18.0. The summed E-state index contributed by atoms with van der Waals surface area (Å²) in [5.41, 5.74) is 6.85. The third kappa shape index (κ3) is 4.60. The highest BCUT2D eigenvalue weighted by molar-refractivity contribution is 5.50. The molecule has 5 rings (SSSR count). The van der Waals surface area contributed by atoms with Crippen LogP contribution in [-0.4, -0.2) is 20.4 Å². The maximum atomic E-state index is 10.7. The monoisotopic (exact) mass is 508 g/mol. The van der Waals surface area contributed by atoms with E-state index in [-0.39, 0.29) is 33.8 Å². The molecule has 1 aliphatic carbocycles. The van der Waals surface area contributed by atoms with Crippen molar-refractivity contribution in [3.05, 3.63) is 117 Å². The Labute approximate surface area is 224 Å². The van der Waals surface area contributed by atoms with Crippen LogP contribution in [0.4, 0.5) is 0 Å². The summed E-state index contributed by atoms with van der Waals surface area (Å²) in [5.74, 6) is 0.992. The second-order valence-electron chi connectivity index (χ2n) is 11.6. The minimum absolute atomic E-state index is 0.248. The molecule has 4 heteroatoms. The number of aromatic hydroxyl groups is 4. The van der Waals surface area contributed by atoms with E-state index in [1.165, 1.54) is 0 Å². The van der Waals surface area contributed by atoms with Crippen molar-refractivity contribution in [3.8, 4) is 23.0 Å². The first-order valence-electron chi connectivity index (χ1n) is 13.3. The third-order valence-corrected chi connectivity index (χ3v) is 8.53. The van der Waals surface area contributed by atoms with Crippen LogP contribution in [0.1, 0.15) is 72.2 Å². The predicted octanol–water partition coefficient (Wildman–Crippen LogP) is 7.04. The Bertz CT molecular complexity index is 1290. The molecule has 4 aromatic carbocycles. The minimum atomic E-state index is -0.371. The van der Waals surface area contributed by atoms with Crippen LogP contribution in [0.25, 0.3) is 0 Å². The summed E-state index contributed by atoms with van der Waals surface area (Å²) >= 11 is 0. The largest absolute Gasteiger partial charge is 0.508 e.